The number of carbonyl (C=O) groups is 2. The van der Waals surface area contributed by atoms with E-state index in [1.807, 2.05) is 55.5 Å². The topological polar surface area (TPSA) is 84.1 Å². The molecule has 1 amide bonds. The van der Waals surface area contributed by atoms with E-state index in [1.54, 1.807) is 24.3 Å². The van der Waals surface area contributed by atoms with Crippen LogP contribution in [0.2, 0.25) is 0 Å². The number of anilines is 1. The van der Waals surface area contributed by atoms with Crippen LogP contribution in [-0.4, -0.2) is 28.5 Å². The molecule has 0 saturated heterocycles. The Kier molecular flexibility index (Phi) is 5.07. The third kappa shape index (κ3) is 4.16. The molecule has 29 heavy (non-hydrogen) atoms. The van der Waals surface area contributed by atoms with Crippen molar-refractivity contribution >= 4 is 28.6 Å². The molecule has 1 heterocycles. The summed E-state index contributed by atoms with van der Waals surface area (Å²) in [5.41, 5.74) is 4.41. The third-order valence-electron chi connectivity index (χ3n) is 4.52. The second-order valence-electron chi connectivity index (χ2n) is 6.62. The van der Waals surface area contributed by atoms with Crippen LogP contribution in [-0.2, 0) is 9.53 Å². The number of rotatable bonds is 5. The van der Waals surface area contributed by atoms with Gasteiger partial charge in [0.2, 0.25) is 0 Å². The minimum absolute atomic E-state index is 0.351. The predicted octanol–water partition coefficient (Wildman–Crippen LogP) is 4.33. The number of aromatic amines is 1. The molecular weight excluding hydrogens is 366 g/mol. The normalized spacial score (nSPS) is 10.7. The minimum Gasteiger partial charge on any atom is -0.452 e. The monoisotopic (exact) mass is 385 g/mol. The zero-order chi connectivity index (χ0) is 20.2. The molecule has 0 radical (unpaired) electrons. The third-order valence-corrected chi connectivity index (χ3v) is 4.52. The van der Waals surface area contributed by atoms with Crippen LogP contribution in [0, 0.1) is 6.92 Å². The van der Waals surface area contributed by atoms with Crippen LogP contribution in [0.3, 0.4) is 0 Å². The number of hydrogen-bond donors (Lipinski definition) is 2. The molecule has 144 valence electrons. The fourth-order valence-corrected chi connectivity index (χ4v) is 2.98. The van der Waals surface area contributed by atoms with Crippen molar-refractivity contribution in [1.29, 1.82) is 0 Å². The summed E-state index contributed by atoms with van der Waals surface area (Å²) in [6.45, 7) is 1.54. The van der Waals surface area contributed by atoms with Gasteiger partial charge in [-0.1, -0.05) is 48.5 Å². The first-order chi connectivity index (χ1) is 14.1. The number of ether oxygens (including phenoxy) is 1. The Morgan fingerprint density at radius 1 is 1.00 bits per heavy atom. The molecule has 4 rings (SSSR count). The SMILES string of the molecule is Cc1ccccc1NC(=O)COC(=O)c1ccc2nc(-c3ccccc3)[nH]c2c1. The van der Waals surface area contributed by atoms with Gasteiger partial charge in [-0.25, -0.2) is 9.78 Å². The maximum atomic E-state index is 12.4. The molecule has 3 aromatic carbocycles. The Bertz CT molecular complexity index is 1180. The Hall–Kier alpha value is -3.93. The Morgan fingerprint density at radius 3 is 2.55 bits per heavy atom. The van der Waals surface area contributed by atoms with Crippen molar-refractivity contribution < 1.29 is 14.3 Å². The number of aromatic nitrogens is 2. The molecule has 0 bridgehead atoms. The van der Waals surface area contributed by atoms with Crippen molar-refractivity contribution in [2.24, 2.45) is 0 Å². The molecule has 0 aliphatic carbocycles. The minimum atomic E-state index is -0.567. The highest BCUT2D eigenvalue weighted by Gasteiger charge is 2.13. The maximum absolute atomic E-state index is 12.4. The highest BCUT2D eigenvalue weighted by Crippen LogP contribution is 2.21. The zero-order valence-corrected chi connectivity index (χ0v) is 15.8. The number of aryl methyl sites for hydroxylation is 1. The molecule has 0 unspecified atom stereocenters. The maximum Gasteiger partial charge on any atom is 0.338 e. The Morgan fingerprint density at radius 2 is 1.76 bits per heavy atom. The summed E-state index contributed by atoms with van der Waals surface area (Å²) in [4.78, 5) is 32.2. The van der Waals surface area contributed by atoms with Gasteiger partial charge in [-0.2, -0.15) is 0 Å². The number of para-hydroxylation sites is 1. The lowest BCUT2D eigenvalue weighted by molar-refractivity contribution is -0.119. The van der Waals surface area contributed by atoms with Crippen LogP contribution in [0.1, 0.15) is 15.9 Å². The molecule has 0 fully saturated rings. The summed E-state index contributed by atoms with van der Waals surface area (Å²) in [6.07, 6.45) is 0. The second kappa shape index (κ2) is 7.98. The highest BCUT2D eigenvalue weighted by atomic mass is 16.5. The van der Waals surface area contributed by atoms with Gasteiger partial charge in [0.25, 0.3) is 5.91 Å². The van der Waals surface area contributed by atoms with E-state index >= 15 is 0 Å². The van der Waals surface area contributed by atoms with Crippen LogP contribution < -0.4 is 5.32 Å². The first-order valence-electron chi connectivity index (χ1n) is 9.18. The number of carbonyl (C=O) groups excluding carboxylic acids is 2. The number of esters is 1. The van der Waals surface area contributed by atoms with Crippen molar-refractivity contribution in [3.05, 3.63) is 83.9 Å². The van der Waals surface area contributed by atoms with E-state index in [9.17, 15) is 9.59 Å². The summed E-state index contributed by atoms with van der Waals surface area (Å²) in [6, 6.07) is 22.2. The Labute approximate surface area is 167 Å². The average Bonchev–Trinajstić information content (AvgIpc) is 3.18. The zero-order valence-electron chi connectivity index (χ0n) is 15.8. The van der Waals surface area contributed by atoms with Crippen molar-refractivity contribution in [1.82, 2.24) is 9.97 Å². The number of amides is 1. The first kappa shape index (κ1) is 18.4. The van der Waals surface area contributed by atoms with Gasteiger partial charge in [-0.05, 0) is 36.8 Å². The lowest BCUT2D eigenvalue weighted by Crippen LogP contribution is -2.21. The molecule has 2 N–H and O–H groups in total. The van der Waals surface area contributed by atoms with Crippen LogP contribution >= 0.6 is 0 Å². The molecule has 4 aromatic rings. The molecule has 0 aliphatic rings. The van der Waals surface area contributed by atoms with E-state index < -0.39 is 5.97 Å². The van der Waals surface area contributed by atoms with Gasteiger partial charge < -0.3 is 15.0 Å². The van der Waals surface area contributed by atoms with E-state index in [2.05, 4.69) is 15.3 Å². The van der Waals surface area contributed by atoms with Crippen molar-refractivity contribution in [2.45, 2.75) is 6.92 Å². The number of hydrogen-bond acceptors (Lipinski definition) is 4. The predicted molar refractivity (Wildman–Crippen MR) is 112 cm³/mol. The molecular formula is C23H19N3O3. The molecule has 0 aliphatic heterocycles. The lowest BCUT2D eigenvalue weighted by atomic mass is 10.2. The molecule has 1 aromatic heterocycles. The Balaban J connectivity index is 1.43. The summed E-state index contributed by atoms with van der Waals surface area (Å²) < 4.78 is 5.16. The molecule has 0 atom stereocenters. The number of nitrogens with one attached hydrogen (secondary N) is 2. The van der Waals surface area contributed by atoms with Crippen LogP contribution in [0.5, 0.6) is 0 Å². The summed E-state index contributed by atoms with van der Waals surface area (Å²) in [7, 11) is 0. The second-order valence-corrected chi connectivity index (χ2v) is 6.62. The standard InChI is InChI=1S/C23H19N3O3/c1-15-7-5-6-10-18(15)24-21(27)14-29-23(28)17-11-12-19-20(13-17)26-22(25-19)16-8-3-2-4-9-16/h2-13H,14H2,1H3,(H,24,27)(H,25,26). The van der Waals surface area contributed by atoms with Crippen LogP contribution in [0.25, 0.3) is 22.4 Å². The van der Waals surface area contributed by atoms with Gasteiger partial charge in [0, 0.05) is 11.3 Å². The van der Waals surface area contributed by atoms with Gasteiger partial charge >= 0.3 is 5.97 Å². The van der Waals surface area contributed by atoms with E-state index in [0.717, 1.165) is 28.0 Å². The average molecular weight is 385 g/mol. The van der Waals surface area contributed by atoms with Crippen LogP contribution in [0.15, 0.2) is 72.8 Å². The fraction of sp³-hybridized carbons (Fsp3) is 0.0870. The number of fused-ring (bicyclic) bond motifs is 1. The fourth-order valence-electron chi connectivity index (χ4n) is 2.98. The van der Waals surface area contributed by atoms with Gasteiger partial charge in [-0.15, -0.1) is 0 Å². The van der Waals surface area contributed by atoms with Crippen molar-refractivity contribution in [2.75, 3.05) is 11.9 Å². The quantitative estimate of drug-likeness (QED) is 0.501. The number of H-pyrrole nitrogens is 1. The van der Waals surface area contributed by atoms with Gasteiger partial charge in [0.05, 0.1) is 16.6 Å². The van der Waals surface area contributed by atoms with E-state index in [4.69, 9.17) is 4.74 Å². The van der Waals surface area contributed by atoms with Crippen molar-refractivity contribution in [3.63, 3.8) is 0 Å². The number of imidazole rings is 1. The van der Waals surface area contributed by atoms with Crippen LogP contribution in [0.4, 0.5) is 5.69 Å². The van der Waals surface area contributed by atoms with Gasteiger partial charge in [0.15, 0.2) is 6.61 Å². The summed E-state index contributed by atoms with van der Waals surface area (Å²) in [5, 5.41) is 2.74. The lowest BCUT2D eigenvalue weighted by Gasteiger charge is -2.08. The van der Waals surface area contributed by atoms with Gasteiger partial charge in [-0.3, -0.25) is 4.79 Å². The van der Waals surface area contributed by atoms with E-state index in [-0.39, 0.29) is 12.5 Å². The molecule has 0 spiro atoms. The summed E-state index contributed by atoms with van der Waals surface area (Å²) >= 11 is 0. The molecule has 6 nitrogen and oxygen atoms in total. The van der Waals surface area contributed by atoms with E-state index in [1.165, 1.54) is 0 Å². The molecule has 6 heteroatoms. The number of nitrogens with zero attached hydrogens (tertiary/aromatic N) is 1. The van der Waals surface area contributed by atoms with E-state index in [0.29, 0.717) is 11.3 Å². The summed E-state index contributed by atoms with van der Waals surface area (Å²) in [5.74, 6) is -0.229. The molecule has 0 saturated carbocycles. The van der Waals surface area contributed by atoms with Crippen molar-refractivity contribution in [3.8, 4) is 11.4 Å². The first-order valence-corrected chi connectivity index (χ1v) is 9.18. The largest absolute Gasteiger partial charge is 0.452 e. The number of benzene rings is 3. The smallest absolute Gasteiger partial charge is 0.338 e. The van der Waals surface area contributed by atoms with Gasteiger partial charge in [0.1, 0.15) is 5.82 Å². The highest BCUT2D eigenvalue weighted by molar-refractivity contribution is 5.97.